The third-order valence-electron chi connectivity index (χ3n) is 4.61. The van der Waals surface area contributed by atoms with Crippen LogP contribution < -0.4 is 5.32 Å². The predicted octanol–water partition coefficient (Wildman–Crippen LogP) is 5.07. The Balaban J connectivity index is 1.96. The zero-order chi connectivity index (χ0) is 21.2. The summed E-state index contributed by atoms with van der Waals surface area (Å²) >= 11 is 7.61. The number of thioether (sulfide) groups is 1. The Morgan fingerprint density at radius 1 is 1.10 bits per heavy atom. The van der Waals surface area contributed by atoms with Crippen LogP contribution in [0.25, 0.3) is 0 Å². The number of nitrogens with zero attached hydrogens (tertiary/aromatic N) is 1. The van der Waals surface area contributed by atoms with Gasteiger partial charge in [0, 0.05) is 29.4 Å². The van der Waals surface area contributed by atoms with Gasteiger partial charge in [-0.25, -0.2) is 0 Å². The van der Waals surface area contributed by atoms with E-state index in [4.69, 9.17) is 11.6 Å². The zero-order valence-electron chi connectivity index (χ0n) is 17.3. The van der Waals surface area contributed by atoms with Gasteiger partial charge >= 0.3 is 0 Å². The van der Waals surface area contributed by atoms with Crippen LogP contribution in [0.5, 0.6) is 0 Å². The molecule has 0 saturated heterocycles. The number of halogens is 1. The van der Waals surface area contributed by atoms with Gasteiger partial charge in [0.15, 0.2) is 0 Å². The van der Waals surface area contributed by atoms with Gasteiger partial charge in [-0.3, -0.25) is 9.59 Å². The summed E-state index contributed by atoms with van der Waals surface area (Å²) in [4.78, 5) is 28.1. The number of hydrogen-bond donors (Lipinski definition) is 1. The molecule has 0 aliphatic rings. The van der Waals surface area contributed by atoms with E-state index in [9.17, 15) is 9.59 Å². The second-order valence-electron chi connectivity index (χ2n) is 6.98. The molecule has 2 rings (SSSR count). The first-order chi connectivity index (χ1) is 13.9. The second-order valence-corrected chi connectivity index (χ2v) is 8.59. The van der Waals surface area contributed by atoms with Gasteiger partial charge in [-0.05, 0) is 62.8 Å². The molecule has 2 aromatic rings. The maximum atomic E-state index is 12.9. The van der Waals surface area contributed by atoms with Crippen molar-refractivity contribution >= 4 is 35.2 Å². The molecular weight excluding hydrogens is 404 g/mol. The number of hydrogen-bond acceptors (Lipinski definition) is 3. The lowest BCUT2D eigenvalue weighted by Gasteiger charge is -2.29. The van der Waals surface area contributed by atoms with Crippen LogP contribution in [-0.4, -0.2) is 35.1 Å². The summed E-state index contributed by atoms with van der Waals surface area (Å²) in [6.07, 6.45) is 1.16. The molecular formula is C23H29ClN2O2S. The lowest BCUT2D eigenvalue weighted by Crippen LogP contribution is -2.47. The number of rotatable bonds is 10. The molecule has 2 amide bonds. The summed E-state index contributed by atoms with van der Waals surface area (Å²) in [6.45, 7) is 6.68. The van der Waals surface area contributed by atoms with Crippen LogP contribution in [0.3, 0.4) is 0 Å². The highest BCUT2D eigenvalue weighted by atomic mass is 35.5. The molecule has 156 valence electrons. The Morgan fingerprint density at radius 3 is 2.38 bits per heavy atom. The average Bonchev–Trinajstić information content (AvgIpc) is 2.71. The molecule has 0 bridgehead atoms. The minimum atomic E-state index is -0.507. The molecule has 2 aromatic carbocycles. The predicted molar refractivity (Wildman–Crippen MR) is 121 cm³/mol. The Kier molecular flexibility index (Phi) is 9.55. The van der Waals surface area contributed by atoms with Crippen molar-refractivity contribution in [1.82, 2.24) is 10.2 Å². The highest BCUT2D eigenvalue weighted by molar-refractivity contribution is 7.99. The van der Waals surface area contributed by atoms with E-state index < -0.39 is 6.04 Å². The van der Waals surface area contributed by atoms with Crippen LogP contribution in [0.4, 0.5) is 0 Å². The van der Waals surface area contributed by atoms with Gasteiger partial charge in [0.05, 0.1) is 0 Å². The van der Waals surface area contributed by atoms with Crippen LogP contribution >= 0.6 is 23.4 Å². The SMILES string of the molecule is CCNC(=O)[C@@H](C)N(Cc1ccc(C)cc1)C(=O)CCCSc1ccc(Cl)cc1. The number of carbonyl (C=O) groups is 2. The Labute approximate surface area is 183 Å². The standard InChI is InChI=1S/C23H29ClN2O2S/c1-4-25-23(28)18(3)26(16-19-9-7-17(2)8-10-19)22(27)6-5-15-29-21-13-11-20(24)12-14-21/h7-14,18H,4-6,15-16H2,1-3H3,(H,25,28)/t18-/m1/s1. The van der Waals surface area contributed by atoms with Gasteiger partial charge in [-0.2, -0.15) is 0 Å². The molecule has 1 N–H and O–H groups in total. The fourth-order valence-electron chi connectivity index (χ4n) is 2.88. The summed E-state index contributed by atoms with van der Waals surface area (Å²) in [5.41, 5.74) is 2.19. The number of nitrogens with one attached hydrogen (secondary N) is 1. The molecule has 0 unspecified atom stereocenters. The lowest BCUT2D eigenvalue weighted by molar-refractivity contribution is -0.140. The van der Waals surface area contributed by atoms with Crippen LogP contribution in [-0.2, 0) is 16.1 Å². The first-order valence-corrected chi connectivity index (χ1v) is 11.3. The Morgan fingerprint density at radius 2 is 1.76 bits per heavy atom. The lowest BCUT2D eigenvalue weighted by atomic mass is 10.1. The maximum absolute atomic E-state index is 12.9. The van der Waals surface area contributed by atoms with Gasteiger partial charge in [-0.1, -0.05) is 41.4 Å². The van der Waals surface area contributed by atoms with Crippen LogP contribution in [0.15, 0.2) is 53.4 Å². The van der Waals surface area contributed by atoms with Crippen molar-refractivity contribution in [3.63, 3.8) is 0 Å². The van der Waals surface area contributed by atoms with Gasteiger partial charge in [0.25, 0.3) is 0 Å². The Hall–Kier alpha value is -1.98. The quantitative estimate of drug-likeness (QED) is 0.421. The van der Waals surface area contributed by atoms with E-state index in [1.807, 2.05) is 62.4 Å². The maximum Gasteiger partial charge on any atom is 0.242 e. The van der Waals surface area contributed by atoms with Gasteiger partial charge in [0.2, 0.25) is 11.8 Å². The third-order valence-corrected chi connectivity index (χ3v) is 5.96. The van der Waals surface area contributed by atoms with Crippen LogP contribution in [0, 0.1) is 6.92 Å². The number of benzene rings is 2. The summed E-state index contributed by atoms with van der Waals surface area (Å²) in [6, 6.07) is 15.3. The molecule has 4 nitrogen and oxygen atoms in total. The Bertz CT molecular complexity index is 794. The highest BCUT2D eigenvalue weighted by Crippen LogP contribution is 2.22. The normalized spacial score (nSPS) is 11.7. The van der Waals surface area contributed by atoms with Gasteiger partial charge in [0.1, 0.15) is 6.04 Å². The monoisotopic (exact) mass is 432 g/mol. The third kappa shape index (κ3) is 7.75. The summed E-state index contributed by atoms with van der Waals surface area (Å²) in [5.74, 6) is 0.714. The number of aryl methyl sites for hydroxylation is 1. The van der Waals surface area contributed by atoms with E-state index in [-0.39, 0.29) is 11.8 Å². The summed E-state index contributed by atoms with van der Waals surface area (Å²) in [7, 11) is 0. The molecule has 0 aliphatic carbocycles. The van der Waals surface area contributed by atoms with Crippen molar-refractivity contribution in [2.45, 2.75) is 51.1 Å². The topological polar surface area (TPSA) is 49.4 Å². The van der Waals surface area contributed by atoms with E-state index in [1.54, 1.807) is 23.6 Å². The first-order valence-electron chi connectivity index (χ1n) is 9.91. The van der Waals surface area contributed by atoms with E-state index in [2.05, 4.69) is 5.32 Å². The zero-order valence-corrected chi connectivity index (χ0v) is 18.9. The molecule has 1 atom stereocenters. The summed E-state index contributed by atoms with van der Waals surface area (Å²) in [5, 5.41) is 3.54. The molecule has 0 heterocycles. The van der Waals surface area contributed by atoms with Crippen molar-refractivity contribution in [2.24, 2.45) is 0 Å². The second kappa shape index (κ2) is 11.9. The van der Waals surface area contributed by atoms with Crippen molar-refractivity contribution in [3.8, 4) is 0 Å². The smallest absolute Gasteiger partial charge is 0.242 e. The van der Waals surface area contributed by atoms with Crippen LogP contribution in [0.1, 0.15) is 37.8 Å². The summed E-state index contributed by atoms with van der Waals surface area (Å²) < 4.78 is 0. The van der Waals surface area contributed by atoms with Gasteiger partial charge in [-0.15, -0.1) is 11.8 Å². The molecule has 0 aliphatic heterocycles. The molecule has 0 spiro atoms. The molecule has 0 radical (unpaired) electrons. The fourth-order valence-corrected chi connectivity index (χ4v) is 3.86. The molecule has 6 heteroatoms. The molecule has 29 heavy (non-hydrogen) atoms. The largest absolute Gasteiger partial charge is 0.355 e. The minimum absolute atomic E-state index is 0.000958. The molecule has 0 fully saturated rings. The highest BCUT2D eigenvalue weighted by Gasteiger charge is 2.25. The number of amides is 2. The number of carbonyl (C=O) groups excluding carboxylic acids is 2. The average molecular weight is 433 g/mol. The number of likely N-dealkylation sites (N-methyl/N-ethyl adjacent to an activating group) is 1. The molecule has 0 aromatic heterocycles. The van der Waals surface area contributed by atoms with E-state index in [0.29, 0.717) is 19.5 Å². The van der Waals surface area contributed by atoms with Crippen molar-refractivity contribution in [3.05, 3.63) is 64.7 Å². The van der Waals surface area contributed by atoms with Crippen LogP contribution in [0.2, 0.25) is 5.02 Å². The van der Waals surface area contributed by atoms with Crippen molar-refractivity contribution in [1.29, 1.82) is 0 Å². The van der Waals surface area contributed by atoms with Crippen molar-refractivity contribution < 1.29 is 9.59 Å². The minimum Gasteiger partial charge on any atom is -0.355 e. The first kappa shape index (κ1) is 23.3. The van der Waals surface area contributed by atoms with Gasteiger partial charge < -0.3 is 10.2 Å². The fraction of sp³-hybridized carbons (Fsp3) is 0.391. The van der Waals surface area contributed by atoms with E-state index >= 15 is 0 Å². The van der Waals surface area contributed by atoms with Crippen molar-refractivity contribution in [2.75, 3.05) is 12.3 Å². The molecule has 0 saturated carbocycles. The van der Waals surface area contributed by atoms with E-state index in [0.717, 1.165) is 27.7 Å². The van der Waals surface area contributed by atoms with E-state index in [1.165, 1.54) is 5.56 Å².